The van der Waals surface area contributed by atoms with E-state index >= 15 is 0 Å². The molecule has 1 aromatic carbocycles. The van der Waals surface area contributed by atoms with Crippen molar-refractivity contribution in [1.29, 1.82) is 0 Å². The topological polar surface area (TPSA) is 99.7 Å². The van der Waals surface area contributed by atoms with Crippen molar-refractivity contribution in [3.8, 4) is 11.4 Å². The number of ether oxygens (including phenoxy) is 1. The number of hydrogen-bond acceptors (Lipinski definition) is 6. The van der Waals surface area contributed by atoms with Gasteiger partial charge in [-0.2, -0.15) is 5.10 Å². The highest BCUT2D eigenvalue weighted by molar-refractivity contribution is 5.94. The minimum atomic E-state index is -0.281. The van der Waals surface area contributed by atoms with E-state index in [-0.39, 0.29) is 11.9 Å². The van der Waals surface area contributed by atoms with Gasteiger partial charge < -0.3 is 14.6 Å². The van der Waals surface area contributed by atoms with Crippen LogP contribution in [0, 0.1) is 6.92 Å². The van der Waals surface area contributed by atoms with E-state index in [1.807, 2.05) is 37.6 Å². The van der Waals surface area contributed by atoms with Crippen LogP contribution in [0.25, 0.3) is 11.4 Å². The number of nitrogens with one attached hydrogen (secondary N) is 1. The molecule has 0 unspecified atom stereocenters. The van der Waals surface area contributed by atoms with Gasteiger partial charge in [0.25, 0.3) is 5.91 Å². The highest BCUT2D eigenvalue weighted by Crippen LogP contribution is 2.17. The number of methoxy groups -OCH3 is 1. The van der Waals surface area contributed by atoms with Gasteiger partial charge in [0.15, 0.2) is 11.6 Å². The van der Waals surface area contributed by atoms with E-state index in [2.05, 4.69) is 25.6 Å². The monoisotopic (exact) mass is 369 g/mol. The van der Waals surface area contributed by atoms with Crippen LogP contribution in [0.4, 0.5) is 0 Å². The Balaban J connectivity index is 1.68. The zero-order valence-corrected chi connectivity index (χ0v) is 15.9. The smallest absolute Gasteiger partial charge is 0.251 e. The van der Waals surface area contributed by atoms with Gasteiger partial charge in [-0.3, -0.25) is 9.48 Å². The van der Waals surface area contributed by atoms with Crippen LogP contribution >= 0.6 is 0 Å². The minimum absolute atomic E-state index is 0.180. The molecule has 1 atom stereocenters. The summed E-state index contributed by atoms with van der Waals surface area (Å²) in [6.07, 6.45) is 1.63. The molecule has 1 N–H and O–H groups in total. The molecule has 0 radical (unpaired) electrons. The first kappa shape index (κ1) is 18.7. The van der Waals surface area contributed by atoms with Gasteiger partial charge in [0.1, 0.15) is 12.2 Å². The van der Waals surface area contributed by atoms with Crippen LogP contribution in [0.5, 0.6) is 0 Å². The lowest BCUT2D eigenvalue weighted by Crippen LogP contribution is -2.29. The Kier molecular flexibility index (Phi) is 5.60. The molecule has 27 heavy (non-hydrogen) atoms. The summed E-state index contributed by atoms with van der Waals surface area (Å²) in [5.41, 5.74) is 1.42. The second-order valence-electron chi connectivity index (χ2n) is 6.25. The van der Waals surface area contributed by atoms with Gasteiger partial charge in [0.2, 0.25) is 0 Å². The first-order valence-corrected chi connectivity index (χ1v) is 8.65. The molecule has 0 aliphatic carbocycles. The van der Waals surface area contributed by atoms with Crippen LogP contribution in [-0.4, -0.2) is 49.2 Å². The summed E-state index contributed by atoms with van der Waals surface area (Å²) in [7, 11) is 3.49. The van der Waals surface area contributed by atoms with Crippen molar-refractivity contribution in [2.45, 2.75) is 26.4 Å². The highest BCUT2D eigenvalue weighted by Gasteiger charge is 2.17. The van der Waals surface area contributed by atoms with Crippen molar-refractivity contribution in [3.63, 3.8) is 0 Å². The van der Waals surface area contributed by atoms with Gasteiger partial charge in [0.05, 0.1) is 12.6 Å². The Morgan fingerprint density at radius 3 is 2.67 bits per heavy atom. The molecule has 0 bridgehead atoms. The van der Waals surface area contributed by atoms with E-state index in [4.69, 9.17) is 4.74 Å². The summed E-state index contributed by atoms with van der Waals surface area (Å²) in [4.78, 5) is 16.9. The number of hydrogen-bond donors (Lipinski definition) is 1. The average Bonchev–Trinajstić information content (AvgIpc) is 3.27. The lowest BCUT2D eigenvalue weighted by atomic mass is 10.1. The third-order valence-electron chi connectivity index (χ3n) is 4.30. The minimum Gasteiger partial charge on any atom is -0.383 e. The molecule has 0 fully saturated rings. The molecule has 0 spiro atoms. The van der Waals surface area contributed by atoms with E-state index in [9.17, 15) is 4.79 Å². The molecular weight excluding hydrogens is 346 g/mol. The lowest BCUT2D eigenvalue weighted by molar-refractivity contribution is 0.0937. The third-order valence-corrected chi connectivity index (χ3v) is 4.30. The predicted molar refractivity (Wildman–Crippen MR) is 99.0 cm³/mol. The summed E-state index contributed by atoms with van der Waals surface area (Å²) >= 11 is 0. The van der Waals surface area contributed by atoms with Crippen molar-refractivity contribution < 1.29 is 9.53 Å². The molecule has 0 aliphatic rings. The lowest BCUT2D eigenvalue weighted by Gasteiger charge is -2.15. The Labute approximate surface area is 157 Å². The van der Waals surface area contributed by atoms with Crippen molar-refractivity contribution in [2.24, 2.45) is 7.05 Å². The van der Waals surface area contributed by atoms with Crippen LogP contribution in [-0.2, 0) is 18.3 Å². The summed E-state index contributed by atoms with van der Waals surface area (Å²) < 4.78 is 8.67. The van der Waals surface area contributed by atoms with Crippen LogP contribution in [0.2, 0.25) is 0 Å². The number of aromatic nitrogens is 6. The summed E-state index contributed by atoms with van der Waals surface area (Å²) in [6.45, 7) is 4.95. The fourth-order valence-corrected chi connectivity index (χ4v) is 2.66. The van der Waals surface area contributed by atoms with Crippen molar-refractivity contribution in [1.82, 2.24) is 34.8 Å². The molecule has 1 amide bonds. The Hall–Kier alpha value is -3.07. The SMILES string of the molecule is COCCn1cnnc1[C@H](C)NC(=O)c1ccc(-c2nc(C)n(C)n2)cc1. The molecule has 0 aliphatic heterocycles. The molecular formula is C18H23N7O2. The summed E-state index contributed by atoms with van der Waals surface area (Å²) in [6, 6.07) is 6.93. The largest absolute Gasteiger partial charge is 0.383 e. The molecule has 142 valence electrons. The van der Waals surface area contributed by atoms with E-state index < -0.39 is 0 Å². The van der Waals surface area contributed by atoms with E-state index in [0.717, 1.165) is 11.4 Å². The van der Waals surface area contributed by atoms with Crippen LogP contribution in [0.1, 0.15) is 35.0 Å². The molecule has 2 aromatic heterocycles. The second kappa shape index (κ2) is 8.09. The Bertz CT molecular complexity index is 895. The standard InChI is InChI=1S/C18H23N7O2/c1-12(17-22-19-11-25(17)9-10-27-4)20-18(26)15-7-5-14(6-8-15)16-21-13(2)24(3)23-16/h5-8,11-12H,9-10H2,1-4H3,(H,20,26)/t12-/m0/s1. The van der Waals surface area contributed by atoms with E-state index in [1.54, 1.807) is 30.3 Å². The van der Waals surface area contributed by atoms with Gasteiger partial charge in [-0.1, -0.05) is 12.1 Å². The first-order valence-electron chi connectivity index (χ1n) is 8.65. The maximum absolute atomic E-state index is 12.6. The molecule has 9 heteroatoms. The predicted octanol–water partition coefficient (Wildman–Crippen LogP) is 1.52. The van der Waals surface area contributed by atoms with Gasteiger partial charge in [-0.25, -0.2) is 4.98 Å². The third kappa shape index (κ3) is 4.20. The first-order chi connectivity index (χ1) is 13.0. The van der Waals surface area contributed by atoms with Gasteiger partial charge in [-0.15, -0.1) is 10.2 Å². The Morgan fingerprint density at radius 1 is 1.30 bits per heavy atom. The van der Waals surface area contributed by atoms with Gasteiger partial charge >= 0.3 is 0 Å². The number of nitrogens with zero attached hydrogens (tertiary/aromatic N) is 6. The number of rotatable bonds is 7. The molecule has 3 rings (SSSR count). The van der Waals surface area contributed by atoms with E-state index in [0.29, 0.717) is 30.4 Å². The van der Waals surface area contributed by atoms with Crippen molar-refractivity contribution in [2.75, 3.05) is 13.7 Å². The fourth-order valence-electron chi connectivity index (χ4n) is 2.66. The van der Waals surface area contributed by atoms with E-state index in [1.165, 1.54) is 0 Å². The second-order valence-corrected chi connectivity index (χ2v) is 6.25. The van der Waals surface area contributed by atoms with Gasteiger partial charge in [0, 0.05) is 31.8 Å². The molecule has 0 saturated heterocycles. The zero-order chi connectivity index (χ0) is 19.4. The quantitative estimate of drug-likeness (QED) is 0.678. The highest BCUT2D eigenvalue weighted by atomic mass is 16.5. The maximum Gasteiger partial charge on any atom is 0.251 e. The van der Waals surface area contributed by atoms with Crippen LogP contribution in [0.15, 0.2) is 30.6 Å². The number of benzene rings is 1. The number of amides is 1. The normalized spacial score (nSPS) is 12.1. The van der Waals surface area contributed by atoms with Crippen LogP contribution in [0.3, 0.4) is 0 Å². The van der Waals surface area contributed by atoms with Crippen LogP contribution < -0.4 is 5.32 Å². The fraction of sp³-hybridized carbons (Fsp3) is 0.389. The number of aryl methyl sites for hydroxylation is 2. The number of carbonyl (C=O) groups is 1. The van der Waals surface area contributed by atoms with Crippen molar-refractivity contribution in [3.05, 3.63) is 47.8 Å². The van der Waals surface area contributed by atoms with Crippen molar-refractivity contribution >= 4 is 5.91 Å². The average molecular weight is 369 g/mol. The molecule has 3 aromatic rings. The summed E-state index contributed by atoms with van der Waals surface area (Å²) in [5, 5.41) is 15.3. The molecule has 0 saturated carbocycles. The molecule has 2 heterocycles. The summed E-state index contributed by atoms with van der Waals surface area (Å²) in [5.74, 6) is 1.98. The molecule has 9 nitrogen and oxygen atoms in total. The van der Waals surface area contributed by atoms with Gasteiger partial charge in [-0.05, 0) is 26.0 Å². The maximum atomic E-state index is 12.6. The Morgan fingerprint density at radius 2 is 2.04 bits per heavy atom. The zero-order valence-electron chi connectivity index (χ0n) is 15.9. The number of carbonyl (C=O) groups excluding carboxylic acids is 1.